The third kappa shape index (κ3) is 5.44. The average Bonchev–Trinajstić information content (AvgIpc) is 3.13. The molecule has 2 aromatic carbocycles. The molecule has 0 saturated carbocycles. The van der Waals surface area contributed by atoms with E-state index in [0.717, 1.165) is 23.7 Å². The van der Waals surface area contributed by atoms with Crippen LogP contribution in [0.25, 0.3) is 11.1 Å². The summed E-state index contributed by atoms with van der Waals surface area (Å²) >= 11 is 1.11. The first-order valence-corrected chi connectivity index (χ1v) is 9.27. The molecule has 0 aliphatic carbocycles. The maximum Gasteiger partial charge on any atom is 0.416 e. The van der Waals surface area contributed by atoms with Crippen LogP contribution >= 0.6 is 11.5 Å². The molecule has 9 heteroatoms. The van der Waals surface area contributed by atoms with E-state index in [0.29, 0.717) is 29.1 Å². The van der Waals surface area contributed by atoms with Gasteiger partial charge in [0.05, 0.1) is 12.0 Å². The summed E-state index contributed by atoms with van der Waals surface area (Å²) in [5.41, 5.74) is -0.971. The minimum atomic E-state index is -4.76. The molecule has 3 nitrogen and oxygen atoms in total. The molecule has 3 aromatic rings. The van der Waals surface area contributed by atoms with E-state index in [1.807, 2.05) is 0 Å². The summed E-state index contributed by atoms with van der Waals surface area (Å²) in [5.74, 6) is -3.56. The smallest absolute Gasteiger partial charge is 0.299 e. The zero-order valence-electron chi connectivity index (χ0n) is 15.1. The molecule has 0 N–H and O–H groups in total. The lowest BCUT2D eigenvalue weighted by Crippen LogP contribution is -2.12. The van der Waals surface area contributed by atoms with Crippen molar-refractivity contribution < 1.29 is 26.7 Å². The first-order valence-electron chi connectivity index (χ1n) is 8.49. The van der Waals surface area contributed by atoms with E-state index in [2.05, 4.69) is 9.36 Å². The Bertz CT molecular complexity index is 978. The molecule has 152 valence electrons. The summed E-state index contributed by atoms with van der Waals surface area (Å²) < 4.78 is 70.8. The van der Waals surface area contributed by atoms with Crippen LogP contribution in [-0.2, 0) is 29.7 Å². The van der Waals surface area contributed by atoms with Gasteiger partial charge < -0.3 is 0 Å². The summed E-state index contributed by atoms with van der Waals surface area (Å²) in [5, 5.41) is 0.568. The standard InChI is InChI=1S/C20H15F5N2OS/c1-19(21,22)15-7-14(8-16(9-15)20(23,24)25)13-4-2-3-12(5-13)6-17(28)10-18-26-11-27-29-18/h2-5,7-9,11H,6,10H2,1H3. The van der Waals surface area contributed by atoms with Crippen molar-refractivity contribution in [2.24, 2.45) is 0 Å². The van der Waals surface area contributed by atoms with Gasteiger partial charge in [-0.05, 0) is 46.4 Å². The lowest BCUT2D eigenvalue weighted by molar-refractivity contribution is -0.137. The molecule has 0 aliphatic heterocycles. The van der Waals surface area contributed by atoms with Gasteiger partial charge in [-0.25, -0.2) is 13.8 Å². The summed E-state index contributed by atoms with van der Waals surface area (Å²) in [6.45, 7) is 0.550. The molecule has 0 spiro atoms. The highest BCUT2D eigenvalue weighted by molar-refractivity contribution is 7.05. The van der Waals surface area contributed by atoms with Crippen LogP contribution in [0, 0.1) is 0 Å². The first kappa shape index (κ1) is 21.0. The molecule has 0 atom stereocenters. The Hall–Kier alpha value is -2.68. The number of carbonyl (C=O) groups is 1. The fraction of sp³-hybridized carbons (Fsp3) is 0.250. The number of carbonyl (C=O) groups excluding carboxylic acids is 1. The van der Waals surface area contributed by atoms with Crippen LogP contribution < -0.4 is 0 Å². The van der Waals surface area contributed by atoms with Crippen molar-refractivity contribution in [2.45, 2.75) is 31.9 Å². The normalized spacial score (nSPS) is 12.2. The zero-order chi connectivity index (χ0) is 21.2. The van der Waals surface area contributed by atoms with E-state index >= 15 is 0 Å². The second kappa shape index (κ2) is 7.98. The van der Waals surface area contributed by atoms with Crippen LogP contribution in [-0.4, -0.2) is 15.1 Å². The fourth-order valence-electron chi connectivity index (χ4n) is 2.80. The molecule has 3 rings (SSSR count). The largest absolute Gasteiger partial charge is 0.416 e. The quantitative estimate of drug-likeness (QED) is 0.476. The number of aromatic nitrogens is 2. The number of benzene rings is 2. The second-order valence-corrected chi connectivity index (χ2v) is 7.48. The van der Waals surface area contributed by atoms with Gasteiger partial charge in [-0.15, -0.1) is 0 Å². The molecule has 0 fully saturated rings. The van der Waals surface area contributed by atoms with Crippen molar-refractivity contribution in [3.05, 3.63) is 70.5 Å². The van der Waals surface area contributed by atoms with Crippen LogP contribution in [0.5, 0.6) is 0 Å². The van der Waals surface area contributed by atoms with Gasteiger partial charge in [0.15, 0.2) is 0 Å². The van der Waals surface area contributed by atoms with Gasteiger partial charge in [0.1, 0.15) is 17.1 Å². The SMILES string of the molecule is CC(F)(F)c1cc(-c2cccc(CC(=O)Cc3ncns3)c2)cc(C(F)(F)F)c1. The van der Waals surface area contributed by atoms with E-state index in [-0.39, 0.29) is 24.2 Å². The van der Waals surface area contributed by atoms with Gasteiger partial charge in [-0.1, -0.05) is 24.3 Å². The predicted molar refractivity (Wildman–Crippen MR) is 98.8 cm³/mol. The minimum absolute atomic E-state index is 0.00905. The summed E-state index contributed by atoms with van der Waals surface area (Å²) in [6.07, 6.45) is -3.26. The van der Waals surface area contributed by atoms with Crippen molar-refractivity contribution in [3.8, 4) is 11.1 Å². The van der Waals surface area contributed by atoms with E-state index in [1.165, 1.54) is 18.5 Å². The summed E-state index contributed by atoms with van der Waals surface area (Å²) in [7, 11) is 0. The van der Waals surface area contributed by atoms with Gasteiger partial charge >= 0.3 is 6.18 Å². The Morgan fingerprint density at radius 3 is 2.31 bits per heavy atom. The maximum absolute atomic E-state index is 13.7. The van der Waals surface area contributed by atoms with Crippen molar-refractivity contribution in [1.29, 1.82) is 0 Å². The molecular weight excluding hydrogens is 411 g/mol. The zero-order valence-corrected chi connectivity index (χ0v) is 16.0. The van der Waals surface area contributed by atoms with Crippen molar-refractivity contribution in [2.75, 3.05) is 0 Å². The van der Waals surface area contributed by atoms with Crippen molar-refractivity contribution >= 4 is 17.3 Å². The number of alkyl halides is 5. The molecule has 0 aliphatic rings. The van der Waals surface area contributed by atoms with Crippen LogP contribution in [0.2, 0.25) is 0 Å². The van der Waals surface area contributed by atoms with Crippen molar-refractivity contribution in [1.82, 2.24) is 9.36 Å². The predicted octanol–water partition coefficient (Wildman–Crippen LogP) is 5.69. The molecular formula is C20H15F5N2OS. The molecule has 1 heterocycles. The maximum atomic E-state index is 13.7. The molecule has 0 saturated heterocycles. The van der Waals surface area contributed by atoms with Gasteiger partial charge in [-0.3, -0.25) is 4.79 Å². The topological polar surface area (TPSA) is 42.9 Å². The number of ketones is 1. The minimum Gasteiger partial charge on any atom is -0.299 e. The Kier molecular flexibility index (Phi) is 5.79. The molecule has 0 bridgehead atoms. The van der Waals surface area contributed by atoms with Gasteiger partial charge in [-0.2, -0.15) is 17.5 Å². The molecule has 29 heavy (non-hydrogen) atoms. The summed E-state index contributed by atoms with van der Waals surface area (Å²) in [6, 6.07) is 8.61. The summed E-state index contributed by atoms with van der Waals surface area (Å²) in [4.78, 5) is 16.1. The van der Waals surface area contributed by atoms with Crippen molar-refractivity contribution in [3.63, 3.8) is 0 Å². The van der Waals surface area contributed by atoms with Crippen LogP contribution in [0.15, 0.2) is 48.8 Å². The number of rotatable bonds is 6. The molecule has 0 amide bonds. The number of hydrogen-bond donors (Lipinski definition) is 0. The second-order valence-electron chi connectivity index (χ2n) is 6.61. The number of halogens is 5. The fourth-order valence-corrected chi connectivity index (χ4v) is 3.34. The highest BCUT2D eigenvalue weighted by Gasteiger charge is 2.34. The van der Waals surface area contributed by atoms with E-state index in [9.17, 15) is 26.7 Å². The van der Waals surface area contributed by atoms with E-state index in [4.69, 9.17) is 0 Å². The first-order chi connectivity index (χ1) is 13.5. The number of hydrogen-bond acceptors (Lipinski definition) is 4. The van der Waals surface area contributed by atoms with E-state index in [1.54, 1.807) is 12.1 Å². The lowest BCUT2D eigenvalue weighted by atomic mass is 9.95. The Balaban J connectivity index is 1.92. The highest BCUT2D eigenvalue weighted by atomic mass is 32.1. The average molecular weight is 426 g/mol. The van der Waals surface area contributed by atoms with Gasteiger partial charge in [0, 0.05) is 18.9 Å². The monoisotopic (exact) mass is 426 g/mol. The Labute approximate surface area is 167 Å². The lowest BCUT2D eigenvalue weighted by Gasteiger charge is -2.16. The molecule has 0 radical (unpaired) electrons. The molecule has 0 unspecified atom stereocenters. The van der Waals surface area contributed by atoms with Gasteiger partial charge in [0.2, 0.25) is 0 Å². The van der Waals surface area contributed by atoms with Gasteiger partial charge in [0.25, 0.3) is 5.92 Å². The third-order valence-corrected chi connectivity index (χ3v) is 4.84. The third-order valence-electron chi connectivity index (χ3n) is 4.18. The van der Waals surface area contributed by atoms with Crippen LogP contribution in [0.1, 0.15) is 28.6 Å². The highest BCUT2D eigenvalue weighted by Crippen LogP contribution is 2.38. The Morgan fingerprint density at radius 2 is 1.69 bits per heavy atom. The van der Waals surface area contributed by atoms with E-state index < -0.39 is 23.2 Å². The Morgan fingerprint density at radius 1 is 0.966 bits per heavy atom. The number of nitrogens with zero attached hydrogens (tertiary/aromatic N) is 2. The molecule has 1 aromatic heterocycles. The van der Waals surface area contributed by atoms with Crippen LogP contribution in [0.4, 0.5) is 22.0 Å². The number of Topliss-reactive ketones (excluding diaryl/α,β-unsaturated/α-hetero) is 1. The van der Waals surface area contributed by atoms with Crippen LogP contribution in [0.3, 0.4) is 0 Å².